The van der Waals surface area contributed by atoms with Crippen molar-refractivity contribution in [2.24, 2.45) is 0 Å². The second-order valence-electron chi connectivity index (χ2n) is 5.58. The van der Waals surface area contributed by atoms with Gasteiger partial charge in [-0.25, -0.2) is 0 Å². The van der Waals surface area contributed by atoms with Gasteiger partial charge in [0.2, 0.25) is 5.91 Å². The molecule has 1 aromatic carbocycles. The van der Waals surface area contributed by atoms with Crippen molar-refractivity contribution in [1.29, 1.82) is 0 Å². The summed E-state index contributed by atoms with van der Waals surface area (Å²) in [5.41, 5.74) is 1.16. The maximum Gasteiger partial charge on any atom is 0.246 e. The van der Waals surface area contributed by atoms with Gasteiger partial charge in [0, 0.05) is 0 Å². The Labute approximate surface area is 127 Å². The number of nitrogens with one attached hydrogen (secondary N) is 2. The van der Waals surface area contributed by atoms with E-state index >= 15 is 0 Å². The number of carbonyl (C=O) groups excluding carboxylic acids is 1. The standard InChI is InChI=1S/C17H26N2O2/c1-2-6-16(14-7-4-3-5-8-14)19-17(20)13-21-15-9-11-18-12-10-15/h3-5,7-8,15-16,18H,2,6,9-13H2,1H3,(H,19,20). The van der Waals surface area contributed by atoms with E-state index in [-0.39, 0.29) is 24.7 Å². The molecule has 0 aliphatic carbocycles. The summed E-state index contributed by atoms with van der Waals surface area (Å²) in [6, 6.07) is 10.2. The fourth-order valence-electron chi connectivity index (χ4n) is 2.69. The van der Waals surface area contributed by atoms with Crippen molar-refractivity contribution in [1.82, 2.24) is 10.6 Å². The van der Waals surface area contributed by atoms with Crippen molar-refractivity contribution in [2.45, 2.75) is 44.8 Å². The lowest BCUT2D eigenvalue weighted by Crippen LogP contribution is -2.36. The molecule has 2 rings (SSSR count). The summed E-state index contributed by atoms with van der Waals surface area (Å²) in [5.74, 6) is -0.0177. The first kappa shape index (κ1) is 16.0. The molecule has 0 aromatic heterocycles. The van der Waals surface area contributed by atoms with E-state index in [4.69, 9.17) is 4.74 Å². The van der Waals surface area contributed by atoms with Gasteiger partial charge in [0.05, 0.1) is 12.1 Å². The number of carbonyl (C=O) groups is 1. The highest BCUT2D eigenvalue weighted by molar-refractivity contribution is 5.77. The summed E-state index contributed by atoms with van der Waals surface area (Å²) in [5, 5.41) is 6.39. The van der Waals surface area contributed by atoms with Crippen LogP contribution in [0.4, 0.5) is 0 Å². The molecule has 116 valence electrons. The van der Waals surface area contributed by atoms with E-state index in [0.29, 0.717) is 0 Å². The highest BCUT2D eigenvalue weighted by Gasteiger charge is 2.17. The van der Waals surface area contributed by atoms with E-state index in [9.17, 15) is 4.79 Å². The molecule has 0 bridgehead atoms. The van der Waals surface area contributed by atoms with E-state index < -0.39 is 0 Å². The Kier molecular flexibility index (Phi) is 6.70. The summed E-state index contributed by atoms with van der Waals surface area (Å²) >= 11 is 0. The molecule has 4 nitrogen and oxygen atoms in total. The molecule has 1 unspecified atom stereocenters. The van der Waals surface area contributed by atoms with Crippen LogP contribution in [0.3, 0.4) is 0 Å². The molecule has 1 aliphatic heterocycles. The first-order chi connectivity index (χ1) is 10.3. The fourth-order valence-corrected chi connectivity index (χ4v) is 2.69. The minimum absolute atomic E-state index is 0.0177. The third-order valence-electron chi connectivity index (χ3n) is 3.85. The normalized spacial score (nSPS) is 17.4. The van der Waals surface area contributed by atoms with E-state index in [0.717, 1.165) is 44.3 Å². The molecule has 1 aliphatic rings. The average molecular weight is 290 g/mol. The maximum atomic E-state index is 12.1. The molecule has 2 N–H and O–H groups in total. The van der Waals surface area contributed by atoms with Gasteiger partial charge in [0.25, 0.3) is 0 Å². The van der Waals surface area contributed by atoms with E-state index in [1.54, 1.807) is 0 Å². The lowest BCUT2D eigenvalue weighted by atomic mass is 10.0. The van der Waals surface area contributed by atoms with Gasteiger partial charge in [-0.1, -0.05) is 43.7 Å². The minimum Gasteiger partial charge on any atom is -0.368 e. The number of ether oxygens (including phenoxy) is 1. The Morgan fingerprint density at radius 3 is 2.71 bits per heavy atom. The molecule has 1 amide bonds. The summed E-state index contributed by atoms with van der Waals surface area (Å²) < 4.78 is 5.71. The van der Waals surface area contributed by atoms with Crippen molar-refractivity contribution in [3.05, 3.63) is 35.9 Å². The highest BCUT2D eigenvalue weighted by Crippen LogP contribution is 2.18. The summed E-state index contributed by atoms with van der Waals surface area (Å²) in [6.07, 6.45) is 4.19. The van der Waals surface area contributed by atoms with Gasteiger partial charge in [-0.05, 0) is 37.9 Å². The molecule has 1 saturated heterocycles. The van der Waals surface area contributed by atoms with Crippen LogP contribution in [0.2, 0.25) is 0 Å². The van der Waals surface area contributed by atoms with Gasteiger partial charge in [-0.3, -0.25) is 4.79 Å². The Hall–Kier alpha value is -1.39. The van der Waals surface area contributed by atoms with Gasteiger partial charge >= 0.3 is 0 Å². The fraction of sp³-hybridized carbons (Fsp3) is 0.588. The summed E-state index contributed by atoms with van der Waals surface area (Å²) in [7, 11) is 0. The van der Waals surface area contributed by atoms with Crippen molar-refractivity contribution < 1.29 is 9.53 Å². The lowest BCUT2D eigenvalue weighted by molar-refractivity contribution is -0.129. The molecular weight excluding hydrogens is 264 g/mol. The SMILES string of the molecule is CCCC(NC(=O)COC1CCNCC1)c1ccccc1. The number of hydrogen-bond acceptors (Lipinski definition) is 3. The van der Waals surface area contributed by atoms with Crippen LogP contribution in [0.1, 0.15) is 44.2 Å². The predicted octanol–water partition coefficient (Wildman–Crippen LogP) is 2.41. The van der Waals surface area contributed by atoms with Crippen molar-refractivity contribution in [2.75, 3.05) is 19.7 Å². The van der Waals surface area contributed by atoms with E-state index in [1.165, 1.54) is 0 Å². The van der Waals surface area contributed by atoms with Crippen LogP contribution in [-0.4, -0.2) is 31.7 Å². The molecule has 4 heteroatoms. The predicted molar refractivity (Wildman–Crippen MR) is 84.1 cm³/mol. The Balaban J connectivity index is 1.80. The average Bonchev–Trinajstić information content (AvgIpc) is 2.54. The van der Waals surface area contributed by atoms with Gasteiger partial charge in [-0.2, -0.15) is 0 Å². The van der Waals surface area contributed by atoms with Crippen molar-refractivity contribution >= 4 is 5.91 Å². The quantitative estimate of drug-likeness (QED) is 0.811. The second-order valence-corrected chi connectivity index (χ2v) is 5.58. The van der Waals surface area contributed by atoms with Crippen LogP contribution in [0, 0.1) is 0 Å². The smallest absolute Gasteiger partial charge is 0.246 e. The molecular formula is C17H26N2O2. The molecule has 21 heavy (non-hydrogen) atoms. The number of rotatable bonds is 7. The number of amides is 1. The molecule has 0 spiro atoms. The van der Waals surface area contributed by atoms with Crippen molar-refractivity contribution in [3.63, 3.8) is 0 Å². The monoisotopic (exact) mass is 290 g/mol. The van der Waals surface area contributed by atoms with Crippen LogP contribution in [0.5, 0.6) is 0 Å². The van der Waals surface area contributed by atoms with E-state index in [1.807, 2.05) is 18.2 Å². The lowest BCUT2D eigenvalue weighted by Gasteiger charge is -2.24. The third kappa shape index (κ3) is 5.48. The van der Waals surface area contributed by atoms with Gasteiger partial charge < -0.3 is 15.4 Å². The van der Waals surface area contributed by atoms with Crippen LogP contribution in [0.25, 0.3) is 0 Å². The largest absolute Gasteiger partial charge is 0.368 e. The third-order valence-corrected chi connectivity index (χ3v) is 3.85. The first-order valence-electron chi connectivity index (χ1n) is 7.96. The molecule has 1 aromatic rings. The second kappa shape index (κ2) is 8.80. The summed E-state index contributed by atoms with van der Waals surface area (Å²) in [6.45, 7) is 4.26. The van der Waals surface area contributed by atoms with Crippen LogP contribution >= 0.6 is 0 Å². The zero-order chi connectivity index (χ0) is 14.9. The molecule has 0 saturated carbocycles. The zero-order valence-corrected chi connectivity index (χ0v) is 12.8. The van der Waals surface area contributed by atoms with E-state index in [2.05, 4.69) is 29.7 Å². The molecule has 1 atom stereocenters. The highest BCUT2D eigenvalue weighted by atomic mass is 16.5. The number of piperidine rings is 1. The minimum atomic E-state index is -0.0177. The zero-order valence-electron chi connectivity index (χ0n) is 12.8. The van der Waals surface area contributed by atoms with Crippen molar-refractivity contribution in [3.8, 4) is 0 Å². The van der Waals surface area contributed by atoms with Crippen LogP contribution in [-0.2, 0) is 9.53 Å². The Morgan fingerprint density at radius 2 is 2.05 bits per heavy atom. The number of benzene rings is 1. The Morgan fingerprint density at radius 1 is 1.33 bits per heavy atom. The topological polar surface area (TPSA) is 50.4 Å². The summed E-state index contributed by atoms with van der Waals surface area (Å²) in [4.78, 5) is 12.1. The van der Waals surface area contributed by atoms with Gasteiger partial charge in [0.1, 0.15) is 6.61 Å². The maximum absolute atomic E-state index is 12.1. The van der Waals surface area contributed by atoms with Gasteiger partial charge in [-0.15, -0.1) is 0 Å². The Bertz CT molecular complexity index is 416. The van der Waals surface area contributed by atoms with Crippen LogP contribution < -0.4 is 10.6 Å². The molecule has 0 radical (unpaired) electrons. The van der Waals surface area contributed by atoms with Gasteiger partial charge in [0.15, 0.2) is 0 Å². The number of hydrogen-bond donors (Lipinski definition) is 2. The first-order valence-corrected chi connectivity index (χ1v) is 7.96. The molecule has 1 heterocycles. The van der Waals surface area contributed by atoms with Crippen LogP contribution in [0.15, 0.2) is 30.3 Å². The molecule has 1 fully saturated rings.